The number of anilines is 1. The Labute approximate surface area is 103 Å². The summed E-state index contributed by atoms with van der Waals surface area (Å²) in [4.78, 5) is 4.66. The first-order valence-corrected chi connectivity index (χ1v) is 6.43. The van der Waals surface area contributed by atoms with E-state index >= 15 is 0 Å². The monoisotopic (exact) mass is 231 g/mol. The van der Waals surface area contributed by atoms with Crippen LogP contribution in [0.15, 0.2) is 18.2 Å². The molecule has 2 unspecified atom stereocenters. The highest BCUT2D eigenvalue weighted by Gasteiger charge is 2.30. The van der Waals surface area contributed by atoms with Crippen LogP contribution in [-0.4, -0.2) is 44.7 Å². The number of hydrogen-bond acceptors (Lipinski definition) is 3. The Morgan fingerprint density at radius 1 is 1.24 bits per heavy atom. The van der Waals surface area contributed by atoms with Crippen molar-refractivity contribution in [1.82, 2.24) is 4.90 Å². The molecule has 0 spiro atoms. The van der Waals surface area contributed by atoms with E-state index < -0.39 is 0 Å². The number of likely N-dealkylation sites (tertiary alicyclic amines) is 1. The van der Waals surface area contributed by atoms with Crippen LogP contribution in [-0.2, 0) is 6.42 Å². The SMILES string of the molecule is CN1CC(N)C(c2ccc3c(c2)CCN3C)C1. The highest BCUT2D eigenvalue weighted by molar-refractivity contribution is 5.59. The summed E-state index contributed by atoms with van der Waals surface area (Å²) in [6.07, 6.45) is 1.18. The highest BCUT2D eigenvalue weighted by atomic mass is 15.1. The second-order valence-electron chi connectivity index (χ2n) is 5.55. The molecule has 3 rings (SSSR count). The van der Waals surface area contributed by atoms with Crippen molar-refractivity contribution in [2.75, 3.05) is 38.6 Å². The Hall–Kier alpha value is -1.06. The van der Waals surface area contributed by atoms with Gasteiger partial charge in [0.05, 0.1) is 0 Å². The molecule has 0 radical (unpaired) electrons. The first-order valence-electron chi connectivity index (χ1n) is 6.43. The predicted molar refractivity (Wildman–Crippen MR) is 71.6 cm³/mol. The molecule has 3 nitrogen and oxygen atoms in total. The van der Waals surface area contributed by atoms with Crippen LogP contribution in [0.1, 0.15) is 17.0 Å². The summed E-state index contributed by atoms with van der Waals surface area (Å²) >= 11 is 0. The van der Waals surface area contributed by atoms with Gasteiger partial charge >= 0.3 is 0 Å². The molecule has 2 heterocycles. The lowest BCUT2D eigenvalue weighted by molar-refractivity contribution is 0.407. The normalized spacial score (nSPS) is 28.8. The van der Waals surface area contributed by atoms with Gasteiger partial charge in [0.25, 0.3) is 0 Å². The zero-order chi connectivity index (χ0) is 12.0. The van der Waals surface area contributed by atoms with Gasteiger partial charge in [0.2, 0.25) is 0 Å². The van der Waals surface area contributed by atoms with Crippen LogP contribution < -0.4 is 10.6 Å². The number of benzene rings is 1. The molecule has 2 aliphatic heterocycles. The molecule has 1 aromatic carbocycles. The lowest BCUT2D eigenvalue weighted by atomic mass is 9.93. The van der Waals surface area contributed by atoms with Crippen LogP contribution in [0.25, 0.3) is 0 Å². The average molecular weight is 231 g/mol. The number of nitrogens with two attached hydrogens (primary N) is 1. The van der Waals surface area contributed by atoms with Crippen LogP contribution >= 0.6 is 0 Å². The fourth-order valence-electron chi connectivity index (χ4n) is 3.20. The molecule has 17 heavy (non-hydrogen) atoms. The van der Waals surface area contributed by atoms with Crippen molar-refractivity contribution in [3.63, 3.8) is 0 Å². The minimum atomic E-state index is 0.289. The van der Waals surface area contributed by atoms with Crippen molar-refractivity contribution in [3.05, 3.63) is 29.3 Å². The summed E-state index contributed by atoms with van der Waals surface area (Å²) in [7, 11) is 4.32. The second-order valence-corrected chi connectivity index (χ2v) is 5.55. The third kappa shape index (κ3) is 1.83. The molecule has 2 aliphatic rings. The predicted octanol–water partition coefficient (Wildman–Crippen LogP) is 1.04. The molecule has 1 saturated heterocycles. The largest absolute Gasteiger partial charge is 0.374 e. The van der Waals surface area contributed by atoms with Gasteiger partial charge in [0.1, 0.15) is 0 Å². The summed E-state index contributed by atoms with van der Waals surface area (Å²) in [5, 5.41) is 0. The lowest BCUT2D eigenvalue weighted by Crippen LogP contribution is -2.27. The van der Waals surface area contributed by atoms with Gasteiger partial charge in [-0.15, -0.1) is 0 Å². The third-order valence-electron chi connectivity index (χ3n) is 4.21. The third-order valence-corrected chi connectivity index (χ3v) is 4.21. The van der Waals surface area contributed by atoms with Gasteiger partial charge in [0.15, 0.2) is 0 Å². The maximum absolute atomic E-state index is 6.22. The zero-order valence-electron chi connectivity index (χ0n) is 10.7. The number of rotatable bonds is 1. The molecule has 0 bridgehead atoms. The van der Waals surface area contributed by atoms with Gasteiger partial charge in [-0.1, -0.05) is 12.1 Å². The van der Waals surface area contributed by atoms with Crippen molar-refractivity contribution in [3.8, 4) is 0 Å². The molecule has 1 fully saturated rings. The van der Waals surface area contributed by atoms with E-state index in [1.807, 2.05) is 0 Å². The molecule has 2 N–H and O–H groups in total. The summed E-state index contributed by atoms with van der Waals surface area (Å²) in [5.74, 6) is 0.510. The molecule has 1 aromatic rings. The Kier molecular flexibility index (Phi) is 2.60. The second kappa shape index (κ2) is 4.00. The van der Waals surface area contributed by atoms with E-state index in [9.17, 15) is 0 Å². The average Bonchev–Trinajstić information content (AvgIpc) is 2.82. The standard InChI is InChI=1S/C14H21N3/c1-16-8-12(13(15)9-16)10-3-4-14-11(7-10)5-6-17(14)2/h3-4,7,12-13H,5-6,8-9,15H2,1-2H3. The Bertz CT molecular complexity index is 429. The molecule has 0 amide bonds. The fourth-order valence-corrected chi connectivity index (χ4v) is 3.20. The number of likely N-dealkylation sites (N-methyl/N-ethyl adjacent to an activating group) is 2. The van der Waals surface area contributed by atoms with Crippen LogP contribution in [0.4, 0.5) is 5.69 Å². The Morgan fingerprint density at radius 2 is 2.06 bits per heavy atom. The van der Waals surface area contributed by atoms with E-state index in [0.717, 1.165) is 19.6 Å². The van der Waals surface area contributed by atoms with Crippen molar-refractivity contribution in [1.29, 1.82) is 0 Å². The Morgan fingerprint density at radius 3 is 2.76 bits per heavy atom. The topological polar surface area (TPSA) is 32.5 Å². The first-order chi connectivity index (χ1) is 8.15. The van der Waals surface area contributed by atoms with Crippen molar-refractivity contribution in [2.45, 2.75) is 18.4 Å². The van der Waals surface area contributed by atoms with Crippen molar-refractivity contribution in [2.24, 2.45) is 5.73 Å². The lowest BCUT2D eigenvalue weighted by Gasteiger charge is -2.17. The number of nitrogens with zero attached hydrogens (tertiary/aromatic N) is 2. The van der Waals surface area contributed by atoms with Crippen LogP contribution in [0, 0.1) is 0 Å². The van der Waals surface area contributed by atoms with E-state index in [1.165, 1.54) is 23.2 Å². The van der Waals surface area contributed by atoms with Gasteiger partial charge in [-0.3, -0.25) is 0 Å². The van der Waals surface area contributed by atoms with E-state index in [4.69, 9.17) is 5.73 Å². The minimum Gasteiger partial charge on any atom is -0.374 e. The van der Waals surface area contributed by atoms with Crippen molar-refractivity contribution < 1.29 is 0 Å². The summed E-state index contributed by atoms with van der Waals surface area (Å²) in [5.41, 5.74) is 10.5. The summed E-state index contributed by atoms with van der Waals surface area (Å²) < 4.78 is 0. The molecule has 0 aromatic heterocycles. The van der Waals surface area contributed by atoms with E-state index in [2.05, 4.69) is 42.1 Å². The smallest absolute Gasteiger partial charge is 0.0397 e. The molecule has 0 saturated carbocycles. The molecular formula is C14H21N3. The maximum Gasteiger partial charge on any atom is 0.0397 e. The summed E-state index contributed by atoms with van der Waals surface area (Å²) in [6.45, 7) is 3.26. The van der Waals surface area contributed by atoms with E-state index in [0.29, 0.717) is 5.92 Å². The quantitative estimate of drug-likeness (QED) is 0.783. The van der Waals surface area contributed by atoms with Gasteiger partial charge in [-0.25, -0.2) is 0 Å². The van der Waals surface area contributed by atoms with E-state index in [-0.39, 0.29) is 6.04 Å². The molecule has 0 aliphatic carbocycles. The van der Waals surface area contributed by atoms with E-state index in [1.54, 1.807) is 0 Å². The molecular weight excluding hydrogens is 210 g/mol. The van der Waals surface area contributed by atoms with Crippen LogP contribution in [0.3, 0.4) is 0 Å². The number of fused-ring (bicyclic) bond motifs is 1. The minimum absolute atomic E-state index is 0.289. The van der Waals surface area contributed by atoms with Crippen LogP contribution in [0.2, 0.25) is 0 Å². The molecule has 92 valence electrons. The van der Waals surface area contributed by atoms with Gasteiger partial charge in [0, 0.05) is 44.3 Å². The number of hydrogen-bond donors (Lipinski definition) is 1. The molecule has 3 heteroatoms. The van der Waals surface area contributed by atoms with Gasteiger partial charge in [-0.2, -0.15) is 0 Å². The van der Waals surface area contributed by atoms with Gasteiger partial charge < -0.3 is 15.5 Å². The first kappa shape index (κ1) is 11.1. The van der Waals surface area contributed by atoms with Crippen LogP contribution in [0.5, 0.6) is 0 Å². The van der Waals surface area contributed by atoms with Gasteiger partial charge in [-0.05, 0) is 30.7 Å². The molecule has 2 atom stereocenters. The fraction of sp³-hybridized carbons (Fsp3) is 0.571. The highest BCUT2D eigenvalue weighted by Crippen LogP contribution is 2.32. The summed E-state index contributed by atoms with van der Waals surface area (Å²) in [6, 6.07) is 7.20. The van der Waals surface area contributed by atoms with Crippen molar-refractivity contribution >= 4 is 5.69 Å². The zero-order valence-corrected chi connectivity index (χ0v) is 10.7. The Balaban J connectivity index is 1.90. The maximum atomic E-state index is 6.22.